The summed E-state index contributed by atoms with van der Waals surface area (Å²) in [5, 5.41) is 21.7. The Morgan fingerprint density at radius 2 is 1.71 bits per heavy atom. The SMILES string of the molecule is CC(/C=C/[C@H](C)C(C)C)[C@H]1CCC2C3=CC(O)[C@]45O[C@H]4[C@@H](O)CC[C@]5(C)C3CC[C@@]21C. The second-order valence-corrected chi connectivity index (χ2v) is 12.6. The van der Waals surface area contributed by atoms with Crippen molar-refractivity contribution in [2.45, 2.75) is 104 Å². The van der Waals surface area contributed by atoms with Crippen LogP contribution in [-0.2, 0) is 4.74 Å². The first-order chi connectivity index (χ1) is 14.6. The van der Waals surface area contributed by atoms with Gasteiger partial charge in [-0.2, -0.15) is 0 Å². The number of ether oxygens (including phenoxy) is 1. The minimum Gasteiger partial charge on any atom is -0.390 e. The third kappa shape index (κ3) is 2.88. The lowest BCUT2D eigenvalue weighted by Crippen LogP contribution is -2.60. The number of aliphatic hydroxyl groups excluding tert-OH is 2. The van der Waals surface area contributed by atoms with Crippen molar-refractivity contribution >= 4 is 0 Å². The van der Waals surface area contributed by atoms with Gasteiger partial charge in [0, 0.05) is 5.41 Å². The molecule has 1 saturated heterocycles. The summed E-state index contributed by atoms with van der Waals surface area (Å²) in [7, 11) is 0. The molecule has 11 atom stereocenters. The predicted molar refractivity (Wildman–Crippen MR) is 124 cm³/mol. The molecule has 4 unspecified atom stereocenters. The van der Waals surface area contributed by atoms with E-state index in [1.165, 1.54) is 31.3 Å². The first kappa shape index (κ1) is 22.2. The summed E-state index contributed by atoms with van der Waals surface area (Å²) in [6.45, 7) is 14.3. The van der Waals surface area contributed by atoms with E-state index in [2.05, 4.69) is 59.8 Å². The second-order valence-electron chi connectivity index (χ2n) is 12.6. The molecule has 3 nitrogen and oxygen atoms in total. The number of allylic oxidation sites excluding steroid dienone is 3. The van der Waals surface area contributed by atoms with Gasteiger partial charge < -0.3 is 14.9 Å². The first-order valence-electron chi connectivity index (χ1n) is 13.0. The van der Waals surface area contributed by atoms with Crippen LogP contribution < -0.4 is 0 Å². The highest BCUT2D eigenvalue weighted by Crippen LogP contribution is 2.72. The summed E-state index contributed by atoms with van der Waals surface area (Å²) in [4.78, 5) is 0. The van der Waals surface area contributed by atoms with Gasteiger partial charge in [-0.1, -0.05) is 65.3 Å². The molecule has 5 rings (SSSR count). The van der Waals surface area contributed by atoms with Gasteiger partial charge in [-0.05, 0) is 79.4 Å². The van der Waals surface area contributed by atoms with Crippen molar-refractivity contribution in [1.82, 2.24) is 0 Å². The van der Waals surface area contributed by atoms with Gasteiger partial charge in [-0.15, -0.1) is 0 Å². The van der Waals surface area contributed by atoms with E-state index in [0.29, 0.717) is 40.9 Å². The van der Waals surface area contributed by atoms with Crippen molar-refractivity contribution in [3.8, 4) is 0 Å². The third-order valence-electron chi connectivity index (χ3n) is 11.0. The number of hydrogen-bond donors (Lipinski definition) is 2. The number of rotatable bonds is 4. The summed E-state index contributed by atoms with van der Waals surface area (Å²) < 4.78 is 6.16. The third-order valence-corrected chi connectivity index (χ3v) is 11.0. The van der Waals surface area contributed by atoms with Gasteiger partial charge in [0.25, 0.3) is 0 Å². The zero-order valence-electron chi connectivity index (χ0n) is 20.5. The molecule has 31 heavy (non-hydrogen) atoms. The van der Waals surface area contributed by atoms with Crippen LogP contribution in [-0.4, -0.2) is 34.1 Å². The van der Waals surface area contributed by atoms with Crippen LogP contribution >= 0.6 is 0 Å². The number of aliphatic hydroxyl groups is 2. The molecule has 1 heterocycles. The van der Waals surface area contributed by atoms with Crippen LogP contribution in [0.2, 0.25) is 0 Å². The maximum Gasteiger partial charge on any atom is 0.133 e. The van der Waals surface area contributed by atoms with E-state index in [4.69, 9.17) is 4.74 Å². The van der Waals surface area contributed by atoms with E-state index < -0.39 is 17.8 Å². The monoisotopic (exact) mass is 428 g/mol. The molecule has 1 spiro atoms. The summed E-state index contributed by atoms with van der Waals surface area (Å²) in [5.74, 6) is 3.72. The highest BCUT2D eigenvalue weighted by Gasteiger charge is 2.78. The average Bonchev–Trinajstić information content (AvgIpc) is 3.40. The largest absolute Gasteiger partial charge is 0.390 e. The highest BCUT2D eigenvalue weighted by molar-refractivity contribution is 5.38. The van der Waals surface area contributed by atoms with Crippen molar-refractivity contribution in [3.63, 3.8) is 0 Å². The van der Waals surface area contributed by atoms with Gasteiger partial charge >= 0.3 is 0 Å². The summed E-state index contributed by atoms with van der Waals surface area (Å²) in [6.07, 6.45) is 12.8. The predicted octanol–water partition coefficient (Wildman–Crippen LogP) is 5.51. The molecule has 174 valence electrons. The minimum absolute atomic E-state index is 0.0436. The molecule has 4 aliphatic carbocycles. The fourth-order valence-corrected chi connectivity index (χ4v) is 8.65. The molecular formula is C28H44O3. The lowest BCUT2D eigenvalue weighted by atomic mass is 9.47. The van der Waals surface area contributed by atoms with Crippen LogP contribution in [0.15, 0.2) is 23.8 Å². The van der Waals surface area contributed by atoms with Crippen LogP contribution in [0, 0.1) is 46.3 Å². The zero-order chi connectivity index (χ0) is 22.3. The Labute approximate surface area is 189 Å². The number of fused-ring (bicyclic) bond motifs is 4. The van der Waals surface area contributed by atoms with Crippen LogP contribution in [0.3, 0.4) is 0 Å². The first-order valence-corrected chi connectivity index (χ1v) is 13.0. The average molecular weight is 429 g/mol. The molecule has 0 aromatic heterocycles. The summed E-state index contributed by atoms with van der Waals surface area (Å²) in [5.41, 5.74) is 1.28. The molecule has 0 bridgehead atoms. The Morgan fingerprint density at radius 3 is 2.42 bits per heavy atom. The van der Waals surface area contributed by atoms with Gasteiger partial charge in [-0.25, -0.2) is 0 Å². The molecule has 4 fully saturated rings. The lowest BCUT2D eigenvalue weighted by molar-refractivity contribution is -0.0665. The van der Waals surface area contributed by atoms with Crippen LogP contribution in [0.1, 0.15) is 80.1 Å². The highest BCUT2D eigenvalue weighted by atomic mass is 16.6. The van der Waals surface area contributed by atoms with Gasteiger partial charge in [0.05, 0.1) is 6.10 Å². The second kappa shape index (κ2) is 7.18. The van der Waals surface area contributed by atoms with Crippen molar-refractivity contribution in [1.29, 1.82) is 0 Å². The van der Waals surface area contributed by atoms with Crippen molar-refractivity contribution < 1.29 is 14.9 Å². The molecule has 3 saturated carbocycles. The molecule has 5 aliphatic rings. The Bertz CT molecular complexity index is 785. The van der Waals surface area contributed by atoms with Gasteiger partial charge in [0.2, 0.25) is 0 Å². The van der Waals surface area contributed by atoms with Crippen molar-refractivity contribution in [3.05, 3.63) is 23.8 Å². The summed E-state index contributed by atoms with van der Waals surface area (Å²) >= 11 is 0. The molecule has 2 N–H and O–H groups in total. The Balaban J connectivity index is 1.42. The fraction of sp³-hybridized carbons (Fsp3) is 0.857. The number of epoxide rings is 1. The Hall–Kier alpha value is -0.640. The van der Waals surface area contributed by atoms with Crippen LogP contribution in [0.4, 0.5) is 0 Å². The molecule has 3 heteroatoms. The zero-order valence-corrected chi connectivity index (χ0v) is 20.5. The van der Waals surface area contributed by atoms with Crippen molar-refractivity contribution in [2.75, 3.05) is 0 Å². The maximum atomic E-state index is 11.3. The lowest BCUT2D eigenvalue weighted by Gasteiger charge is -2.57. The Kier molecular flexibility index (Phi) is 5.13. The molecule has 0 aromatic rings. The molecule has 0 radical (unpaired) electrons. The Morgan fingerprint density at radius 1 is 0.968 bits per heavy atom. The number of hydrogen-bond acceptors (Lipinski definition) is 3. The maximum absolute atomic E-state index is 11.3. The minimum atomic E-state index is -0.575. The van der Waals surface area contributed by atoms with E-state index in [0.717, 1.165) is 12.8 Å². The van der Waals surface area contributed by atoms with E-state index in [1.807, 2.05) is 0 Å². The quantitative estimate of drug-likeness (QED) is 0.458. The molecular weight excluding hydrogens is 384 g/mol. The topological polar surface area (TPSA) is 53.0 Å². The van der Waals surface area contributed by atoms with E-state index in [1.54, 1.807) is 0 Å². The molecule has 0 aromatic carbocycles. The van der Waals surface area contributed by atoms with E-state index in [-0.39, 0.29) is 11.5 Å². The standard InChI is InChI=1S/C28H44O3/c1-16(2)17(3)7-8-18(4)20-9-10-21-19-15-24(30)28-25(31-28)23(29)12-14-27(28,6)22(19)11-13-26(20,21)5/h7-8,15-18,20-25,29-30H,9-14H2,1-6H3/b8-7+/t17-,18?,20+,21?,22?,23-,24?,25-,26+,27+,28-/m0/s1. The van der Waals surface area contributed by atoms with Crippen molar-refractivity contribution in [2.24, 2.45) is 46.3 Å². The van der Waals surface area contributed by atoms with Gasteiger partial charge in [-0.3, -0.25) is 0 Å². The summed E-state index contributed by atoms with van der Waals surface area (Å²) in [6, 6.07) is 0. The van der Waals surface area contributed by atoms with Gasteiger partial charge in [0.1, 0.15) is 17.8 Å². The van der Waals surface area contributed by atoms with Crippen LogP contribution in [0.25, 0.3) is 0 Å². The van der Waals surface area contributed by atoms with E-state index in [9.17, 15) is 10.2 Å². The van der Waals surface area contributed by atoms with Crippen LogP contribution in [0.5, 0.6) is 0 Å². The fourth-order valence-electron chi connectivity index (χ4n) is 8.65. The normalized spacial score (nSPS) is 52.7. The molecule has 1 aliphatic heterocycles. The molecule has 0 amide bonds. The van der Waals surface area contributed by atoms with Gasteiger partial charge in [0.15, 0.2) is 0 Å². The smallest absolute Gasteiger partial charge is 0.133 e. The van der Waals surface area contributed by atoms with E-state index >= 15 is 0 Å².